The Bertz CT molecular complexity index is 544. The Balaban J connectivity index is 2.03. The number of methoxy groups -OCH3 is 1. The van der Waals surface area contributed by atoms with Crippen LogP contribution < -0.4 is 15.2 Å². The first-order valence-corrected chi connectivity index (χ1v) is 7.37. The summed E-state index contributed by atoms with van der Waals surface area (Å²) in [5.41, 5.74) is 6.28. The van der Waals surface area contributed by atoms with Gasteiger partial charge in [0.05, 0.1) is 7.11 Å². The van der Waals surface area contributed by atoms with Crippen LogP contribution >= 0.6 is 12.2 Å². The molecular weight excluding hydrogens is 288 g/mol. The number of amides is 1. The van der Waals surface area contributed by atoms with Gasteiger partial charge in [-0.25, -0.2) is 0 Å². The molecule has 1 aromatic rings. The molecule has 0 atom stereocenters. The molecule has 1 aromatic carbocycles. The molecule has 5 nitrogen and oxygen atoms in total. The van der Waals surface area contributed by atoms with Gasteiger partial charge in [-0.05, 0) is 31.9 Å². The average molecular weight is 308 g/mol. The molecule has 0 spiro atoms. The highest BCUT2D eigenvalue weighted by Crippen LogP contribution is 2.27. The Morgan fingerprint density at radius 1 is 1.38 bits per heavy atom. The molecule has 114 valence electrons. The van der Waals surface area contributed by atoms with Crippen molar-refractivity contribution in [3.05, 3.63) is 23.8 Å². The van der Waals surface area contributed by atoms with Crippen LogP contribution in [0.5, 0.6) is 11.5 Å². The Hall–Kier alpha value is -1.82. The van der Waals surface area contributed by atoms with E-state index < -0.39 is 0 Å². The van der Waals surface area contributed by atoms with Crippen molar-refractivity contribution in [3.63, 3.8) is 0 Å². The van der Waals surface area contributed by atoms with Gasteiger partial charge in [-0.2, -0.15) is 0 Å². The zero-order valence-electron chi connectivity index (χ0n) is 12.3. The van der Waals surface area contributed by atoms with Crippen molar-refractivity contribution in [2.45, 2.75) is 25.8 Å². The van der Waals surface area contributed by atoms with Crippen molar-refractivity contribution in [2.75, 3.05) is 20.3 Å². The Morgan fingerprint density at radius 3 is 2.57 bits per heavy atom. The summed E-state index contributed by atoms with van der Waals surface area (Å²) < 4.78 is 10.8. The number of likely N-dealkylation sites (N-methyl/N-ethyl adjacent to an activating group) is 1. The number of nitrogens with zero attached hydrogens (tertiary/aromatic N) is 1. The van der Waals surface area contributed by atoms with Crippen LogP contribution in [0, 0.1) is 0 Å². The number of hydrogen-bond acceptors (Lipinski definition) is 4. The van der Waals surface area contributed by atoms with E-state index in [4.69, 9.17) is 27.4 Å². The van der Waals surface area contributed by atoms with E-state index in [-0.39, 0.29) is 17.5 Å². The van der Waals surface area contributed by atoms with E-state index >= 15 is 0 Å². The number of nitrogens with two attached hydrogens (primary N) is 1. The Morgan fingerprint density at radius 2 is 2.05 bits per heavy atom. The third-order valence-electron chi connectivity index (χ3n) is 3.41. The lowest BCUT2D eigenvalue weighted by atomic mass is 10.2. The number of rotatable bonds is 7. The number of carbonyl (C=O) groups is 1. The van der Waals surface area contributed by atoms with Crippen molar-refractivity contribution in [1.29, 1.82) is 0 Å². The maximum atomic E-state index is 12.1. The lowest BCUT2D eigenvalue weighted by Gasteiger charge is -2.20. The van der Waals surface area contributed by atoms with Crippen molar-refractivity contribution in [1.82, 2.24) is 4.90 Å². The normalized spacial score (nSPS) is 13.6. The molecule has 0 radical (unpaired) electrons. The Labute approximate surface area is 130 Å². The highest BCUT2D eigenvalue weighted by molar-refractivity contribution is 7.80. The zero-order chi connectivity index (χ0) is 15.4. The average Bonchev–Trinajstić information content (AvgIpc) is 3.30. The number of carbonyl (C=O) groups excluding carboxylic acids is 1. The number of thiocarbonyl (C=S) groups is 1. The first kappa shape index (κ1) is 15.6. The van der Waals surface area contributed by atoms with E-state index in [1.807, 2.05) is 11.8 Å². The maximum absolute atomic E-state index is 12.1. The fourth-order valence-corrected chi connectivity index (χ4v) is 2.29. The van der Waals surface area contributed by atoms with Crippen LogP contribution in [0.25, 0.3) is 0 Å². The minimum absolute atomic E-state index is 0.000283. The van der Waals surface area contributed by atoms with Gasteiger partial charge >= 0.3 is 0 Å². The molecule has 6 heteroatoms. The molecule has 1 aliphatic rings. The summed E-state index contributed by atoms with van der Waals surface area (Å²) in [7, 11) is 1.56. The molecule has 1 fully saturated rings. The topological polar surface area (TPSA) is 64.8 Å². The molecule has 1 saturated carbocycles. The molecule has 21 heavy (non-hydrogen) atoms. The molecule has 1 aliphatic carbocycles. The lowest BCUT2D eigenvalue weighted by molar-refractivity contribution is -0.133. The van der Waals surface area contributed by atoms with Gasteiger partial charge in [0.25, 0.3) is 5.91 Å². The quantitative estimate of drug-likeness (QED) is 0.777. The fraction of sp³-hybridized carbons (Fsp3) is 0.467. The molecule has 2 rings (SSSR count). The highest BCUT2D eigenvalue weighted by Gasteiger charge is 2.31. The van der Waals surface area contributed by atoms with E-state index in [2.05, 4.69) is 0 Å². The van der Waals surface area contributed by atoms with E-state index in [0.717, 1.165) is 12.8 Å². The van der Waals surface area contributed by atoms with Crippen LogP contribution in [-0.4, -0.2) is 42.1 Å². The van der Waals surface area contributed by atoms with Crippen molar-refractivity contribution >= 4 is 23.1 Å². The monoisotopic (exact) mass is 308 g/mol. The minimum atomic E-state index is -0.000283. The Kier molecular flexibility index (Phi) is 5.01. The predicted octanol–water partition coefficient (Wildman–Crippen LogP) is 1.72. The van der Waals surface area contributed by atoms with Crippen LogP contribution in [0.3, 0.4) is 0 Å². The van der Waals surface area contributed by atoms with Gasteiger partial charge in [0, 0.05) is 24.2 Å². The smallest absolute Gasteiger partial charge is 0.260 e. The fourth-order valence-electron chi connectivity index (χ4n) is 2.17. The molecule has 2 N–H and O–H groups in total. The summed E-state index contributed by atoms with van der Waals surface area (Å²) in [6, 6.07) is 5.55. The summed E-state index contributed by atoms with van der Waals surface area (Å²) in [4.78, 5) is 14.2. The van der Waals surface area contributed by atoms with E-state index in [0.29, 0.717) is 29.6 Å². The molecule has 0 saturated heterocycles. The molecule has 0 heterocycles. The molecule has 0 unspecified atom stereocenters. The van der Waals surface area contributed by atoms with Crippen molar-refractivity contribution in [3.8, 4) is 11.5 Å². The third kappa shape index (κ3) is 4.07. The van der Waals surface area contributed by atoms with Gasteiger partial charge in [0.1, 0.15) is 16.5 Å². The van der Waals surface area contributed by atoms with E-state index in [1.165, 1.54) is 0 Å². The molecule has 0 aromatic heterocycles. The SMILES string of the molecule is CCN(C(=O)COc1cc(OC)cc(C(N)=S)c1)C1CC1. The van der Waals surface area contributed by atoms with Gasteiger partial charge in [0.15, 0.2) is 6.61 Å². The maximum Gasteiger partial charge on any atom is 0.260 e. The summed E-state index contributed by atoms with van der Waals surface area (Å²) in [6.45, 7) is 2.70. The predicted molar refractivity (Wildman–Crippen MR) is 84.8 cm³/mol. The first-order chi connectivity index (χ1) is 10.0. The second-order valence-corrected chi connectivity index (χ2v) is 5.40. The van der Waals surface area contributed by atoms with Gasteiger partial charge in [-0.1, -0.05) is 12.2 Å². The van der Waals surface area contributed by atoms with Gasteiger partial charge in [0.2, 0.25) is 0 Å². The van der Waals surface area contributed by atoms with E-state index in [1.54, 1.807) is 25.3 Å². The van der Waals surface area contributed by atoms with Crippen molar-refractivity contribution < 1.29 is 14.3 Å². The highest BCUT2D eigenvalue weighted by atomic mass is 32.1. The van der Waals surface area contributed by atoms with Crippen LogP contribution in [0.4, 0.5) is 0 Å². The van der Waals surface area contributed by atoms with Gasteiger partial charge in [-0.15, -0.1) is 0 Å². The summed E-state index contributed by atoms with van der Waals surface area (Å²) in [6.07, 6.45) is 2.18. The standard InChI is InChI=1S/C15H20N2O3S/c1-3-17(11-4-5-11)14(18)9-20-13-7-10(15(16)21)6-12(8-13)19-2/h6-8,11H,3-5,9H2,1-2H3,(H2,16,21). The summed E-state index contributed by atoms with van der Waals surface area (Å²) in [5, 5.41) is 0. The van der Waals surface area contributed by atoms with Crippen LogP contribution in [0.2, 0.25) is 0 Å². The van der Waals surface area contributed by atoms with Crippen molar-refractivity contribution in [2.24, 2.45) is 5.73 Å². The van der Waals surface area contributed by atoms with Crippen LogP contribution in [0.15, 0.2) is 18.2 Å². The second kappa shape index (κ2) is 6.76. The molecule has 0 bridgehead atoms. The number of hydrogen-bond donors (Lipinski definition) is 1. The third-order valence-corrected chi connectivity index (χ3v) is 3.65. The van der Waals surface area contributed by atoms with Gasteiger partial charge in [-0.3, -0.25) is 4.79 Å². The zero-order valence-corrected chi connectivity index (χ0v) is 13.1. The van der Waals surface area contributed by atoms with Crippen LogP contribution in [-0.2, 0) is 4.79 Å². The molecular formula is C15H20N2O3S. The molecule has 1 amide bonds. The number of benzene rings is 1. The summed E-state index contributed by atoms with van der Waals surface area (Å²) >= 11 is 4.96. The van der Waals surface area contributed by atoms with E-state index in [9.17, 15) is 4.79 Å². The second-order valence-electron chi connectivity index (χ2n) is 4.96. The lowest BCUT2D eigenvalue weighted by Crippen LogP contribution is -2.36. The summed E-state index contributed by atoms with van der Waals surface area (Å²) in [5.74, 6) is 1.12. The largest absolute Gasteiger partial charge is 0.497 e. The molecule has 0 aliphatic heterocycles. The minimum Gasteiger partial charge on any atom is -0.497 e. The first-order valence-electron chi connectivity index (χ1n) is 6.96. The van der Waals surface area contributed by atoms with Crippen LogP contribution in [0.1, 0.15) is 25.3 Å². The number of ether oxygens (including phenoxy) is 2. The van der Waals surface area contributed by atoms with Gasteiger partial charge < -0.3 is 20.1 Å².